The van der Waals surface area contributed by atoms with Crippen molar-refractivity contribution in [2.24, 2.45) is 0 Å². The van der Waals surface area contributed by atoms with E-state index in [9.17, 15) is 17.6 Å². The second kappa shape index (κ2) is 6.39. The summed E-state index contributed by atoms with van der Waals surface area (Å²) >= 11 is 3.13. The molecule has 1 unspecified atom stereocenters. The van der Waals surface area contributed by atoms with Crippen LogP contribution >= 0.6 is 15.9 Å². The Bertz CT molecular complexity index is 513. The zero-order valence-electron chi connectivity index (χ0n) is 11.1. The lowest BCUT2D eigenvalue weighted by atomic mass is 10.00. The van der Waals surface area contributed by atoms with Crippen molar-refractivity contribution in [3.8, 4) is 11.5 Å². The van der Waals surface area contributed by atoms with Crippen molar-refractivity contribution < 1.29 is 27.0 Å². The van der Waals surface area contributed by atoms with E-state index >= 15 is 0 Å². The fraction of sp³-hybridized carbons (Fsp3) is 0.538. The molecule has 0 bridgehead atoms. The fourth-order valence-corrected chi connectivity index (χ4v) is 2.65. The van der Waals surface area contributed by atoms with Crippen LogP contribution < -0.4 is 14.8 Å². The monoisotopic (exact) mass is 371 g/mol. The van der Waals surface area contributed by atoms with Crippen LogP contribution in [0.25, 0.3) is 0 Å². The second-order valence-corrected chi connectivity index (χ2v) is 5.42. The molecule has 0 amide bonds. The Balaban J connectivity index is 2.45. The molecular weight excluding hydrogens is 358 g/mol. The molecule has 0 aliphatic carbocycles. The fourth-order valence-electron chi connectivity index (χ4n) is 2.10. The minimum atomic E-state index is -4.21. The Kier molecular flexibility index (Phi) is 4.98. The van der Waals surface area contributed by atoms with Gasteiger partial charge in [0.2, 0.25) is 0 Å². The molecule has 0 radical (unpaired) electrons. The largest absolute Gasteiger partial charge is 0.490 e. The molecule has 1 heterocycles. The van der Waals surface area contributed by atoms with Crippen LogP contribution in [-0.2, 0) is 0 Å². The highest BCUT2D eigenvalue weighted by Crippen LogP contribution is 2.43. The first-order valence-corrected chi connectivity index (χ1v) is 7.09. The number of ether oxygens (including phenoxy) is 2. The smallest absolute Gasteiger partial charge is 0.326 e. The maximum Gasteiger partial charge on any atom is 0.326 e. The van der Waals surface area contributed by atoms with E-state index in [-0.39, 0.29) is 15.8 Å². The van der Waals surface area contributed by atoms with E-state index in [4.69, 9.17) is 9.47 Å². The van der Waals surface area contributed by atoms with Gasteiger partial charge in [-0.05, 0) is 24.7 Å². The van der Waals surface area contributed by atoms with Gasteiger partial charge in [-0.2, -0.15) is 8.78 Å². The van der Waals surface area contributed by atoms with Gasteiger partial charge in [-0.1, -0.05) is 15.9 Å². The van der Waals surface area contributed by atoms with E-state index in [0.717, 1.165) is 0 Å². The number of hydrogen-bond donors (Lipinski definition) is 1. The zero-order chi connectivity index (χ0) is 15.6. The molecule has 0 spiro atoms. The molecular formula is C13H14BrF4NO2. The van der Waals surface area contributed by atoms with Crippen LogP contribution in [0.5, 0.6) is 11.5 Å². The molecule has 1 atom stereocenters. The summed E-state index contributed by atoms with van der Waals surface area (Å²) in [4.78, 5) is 0. The standard InChI is InChI=1S/C13H14BrF4NO2/c1-19-11(13(17,18)12(15)16)7-5-9-10(6-8(7)14)21-4-2-3-20-9/h5-6,11-12,19H,2-4H2,1H3. The van der Waals surface area contributed by atoms with Gasteiger partial charge in [-0.25, -0.2) is 8.78 Å². The summed E-state index contributed by atoms with van der Waals surface area (Å²) in [5.41, 5.74) is -0.00736. The maximum absolute atomic E-state index is 13.7. The first-order valence-electron chi connectivity index (χ1n) is 6.30. The number of fused-ring (bicyclic) bond motifs is 1. The Labute approximate surface area is 127 Å². The van der Waals surface area contributed by atoms with E-state index in [1.165, 1.54) is 19.2 Å². The van der Waals surface area contributed by atoms with Crippen molar-refractivity contribution in [2.45, 2.75) is 24.8 Å². The quantitative estimate of drug-likeness (QED) is 0.817. The molecule has 118 valence electrons. The topological polar surface area (TPSA) is 30.5 Å². The third-order valence-corrected chi connectivity index (χ3v) is 3.83. The molecule has 1 aliphatic rings. The van der Waals surface area contributed by atoms with Crippen LogP contribution in [-0.4, -0.2) is 32.6 Å². The lowest BCUT2D eigenvalue weighted by Crippen LogP contribution is -2.41. The molecule has 0 aromatic heterocycles. The van der Waals surface area contributed by atoms with Gasteiger partial charge >= 0.3 is 12.3 Å². The first kappa shape index (κ1) is 16.4. The van der Waals surface area contributed by atoms with Gasteiger partial charge in [0, 0.05) is 10.9 Å². The van der Waals surface area contributed by atoms with Crippen LogP contribution in [0.3, 0.4) is 0 Å². The number of hydrogen-bond acceptors (Lipinski definition) is 3. The predicted molar refractivity (Wildman–Crippen MR) is 72.5 cm³/mol. The number of rotatable bonds is 4. The third-order valence-electron chi connectivity index (χ3n) is 3.14. The van der Waals surface area contributed by atoms with Crippen LogP contribution in [0.2, 0.25) is 0 Å². The molecule has 3 nitrogen and oxygen atoms in total. The van der Waals surface area contributed by atoms with E-state index in [1.807, 2.05) is 0 Å². The number of alkyl halides is 4. The zero-order valence-corrected chi connectivity index (χ0v) is 12.7. The molecule has 0 saturated carbocycles. The van der Waals surface area contributed by atoms with E-state index < -0.39 is 18.4 Å². The minimum absolute atomic E-state index is 0.00736. The van der Waals surface area contributed by atoms with Gasteiger partial charge in [-0.3, -0.25) is 0 Å². The van der Waals surface area contributed by atoms with Crippen molar-refractivity contribution in [1.29, 1.82) is 0 Å². The van der Waals surface area contributed by atoms with Crippen LogP contribution in [0.15, 0.2) is 16.6 Å². The molecule has 1 aliphatic heterocycles. The lowest BCUT2D eigenvalue weighted by molar-refractivity contribution is -0.150. The normalized spacial score (nSPS) is 16.7. The number of benzene rings is 1. The first-order chi connectivity index (χ1) is 9.87. The Morgan fingerprint density at radius 2 is 1.76 bits per heavy atom. The molecule has 1 N–H and O–H groups in total. The van der Waals surface area contributed by atoms with E-state index in [0.29, 0.717) is 25.4 Å². The molecule has 0 saturated heterocycles. The third kappa shape index (κ3) is 3.26. The van der Waals surface area contributed by atoms with Crippen molar-refractivity contribution in [3.63, 3.8) is 0 Å². The summed E-state index contributed by atoms with van der Waals surface area (Å²) in [6.07, 6.45) is -3.12. The predicted octanol–water partition coefficient (Wildman–Crippen LogP) is 3.77. The van der Waals surface area contributed by atoms with Gasteiger partial charge in [-0.15, -0.1) is 0 Å². The lowest BCUT2D eigenvalue weighted by Gasteiger charge is -2.27. The molecule has 1 aromatic carbocycles. The second-order valence-electron chi connectivity index (χ2n) is 4.57. The summed E-state index contributed by atoms with van der Waals surface area (Å²) in [5, 5.41) is 2.25. The minimum Gasteiger partial charge on any atom is -0.490 e. The Morgan fingerprint density at radius 3 is 2.29 bits per heavy atom. The highest BCUT2D eigenvalue weighted by molar-refractivity contribution is 9.10. The molecule has 21 heavy (non-hydrogen) atoms. The van der Waals surface area contributed by atoms with E-state index in [1.54, 1.807) is 0 Å². The van der Waals surface area contributed by atoms with E-state index in [2.05, 4.69) is 21.2 Å². The average Bonchev–Trinajstić information content (AvgIpc) is 2.64. The molecule has 8 heteroatoms. The molecule has 1 aromatic rings. The number of halogens is 5. The molecule has 2 rings (SSSR count). The summed E-state index contributed by atoms with van der Waals surface area (Å²) in [6.45, 7) is 0.824. The maximum atomic E-state index is 13.7. The van der Waals surface area contributed by atoms with Crippen LogP contribution in [0.4, 0.5) is 17.6 Å². The Hall–Kier alpha value is -1.02. The van der Waals surface area contributed by atoms with Crippen molar-refractivity contribution in [1.82, 2.24) is 5.32 Å². The molecule has 0 fully saturated rings. The van der Waals surface area contributed by atoms with Gasteiger partial charge < -0.3 is 14.8 Å². The van der Waals surface area contributed by atoms with Gasteiger partial charge in [0.05, 0.1) is 13.2 Å². The summed E-state index contributed by atoms with van der Waals surface area (Å²) in [7, 11) is 1.20. The van der Waals surface area contributed by atoms with Gasteiger partial charge in [0.25, 0.3) is 0 Å². The summed E-state index contributed by atoms with van der Waals surface area (Å²) in [5.74, 6) is -3.54. The summed E-state index contributed by atoms with van der Waals surface area (Å²) < 4.78 is 63.7. The van der Waals surface area contributed by atoms with Crippen LogP contribution in [0, 0.1) is 0 Å². The van der Waals surface area contributed by atoms with Crippen LogP contribution in [0.1, 0.15) is 18.0 Å². The Morgan fingerprint density at radius 1 is 1.19 bits per heavy atom. The average molecular weight is 372 g/mol. The summed E-state index contributed by atoms with van der Waals surface area (Å²) in [6, 6.07) is 0.924. The SMILES string of the molecule is CNC(c1cc2c(cc1Br)OCCCO2)C(F)(F)C(F)F. The van der Waals surface area contributed by atoms with Gasteiger partial charge in [0.15, 0.2) is 11.5 Å². The van der Waals surface area contributed by atoms with Crippen molar-refractivity contribution in [2.75, 3.05) is 20.3 Å². The van der Waals surface area contributed by atoms with Crippen molar-refractivity contribution in [3.05, 3.63) is 22.2 Å². The number of nitrogens with one attached hydrogen (secondary N) is 1. The van der Waals surface area contributed by atoms with Crippen molar-refractivity contribution >= 4 is 15.9 Å². The van der Waals surface area contributed by atoms with Gasteiger partial charge in [0.1, 0.15) is 6.04 Å². The highest BCUT2D eigenvalue weighted by Gasteiger charge is 2.49. The highest BCUT2D eigenvalue weighted by atomic mass is 79.9.